The minimum atomic E-state index is 0.166. The van der Waals surface area contributed by atoms with Crippen LogP contribution in [0.3, 0.4) is 0 Å². The molecule has 0 amide bonds. The standard InChI is InChI=1S/C9H16ClN3OS/c1-2-3-4-13(5-6-14)7-8-9(10)15-12-11-8/h14H,2-7H2,1H3. The first-order chi connectivity index (χ1) is 7.27. The van der Waals surface area contributed by atoms with Gasteiger partial charge in [-0.15, -0.1) is 5.10 Å². The highest BCUT2D eigenvalue weighted by molar-refractivity contribution is 7.10. The van der Waals surface area contributed by atoms with E-state index >= 15 is 0 Å². The Morgan fingerprint density at radius 2 is 2.27 bits per heavy atom. The van der Waals surface area contributed by atoms with Crippen LogP contribution in [0.2, 0.25) is 4.34 Å². The monoisotopic (exact) mass is 249 g/mol. The normalized spacial score (nSPS) is 11.2. The number of hydrogen-bond donors (Lipinski definition) is 1. The third kappa shape index (κ3) is 4.42. The summed E-state index contributed by atoms with van der Waals surface area (Å²) in [5, 5.41) is 12.9. The number of unbranched alkanes of at least 4 members (excludes halogenated alkanes) is 1. The molecule has 86 valence electrons. The van der Waals surface area contributed by atoms with Gasteiger partial charge in [0.2, 0.25) is 0 Å². The molecule has 6 heteroatoms. The zero-order chi connectivity index (χ0) is 11.1. The third-order valence-electron chi connectivity index (χ3n) is 2.13. The Labute approximate surface area is 99.0 Å². The maximum atomic E-state index is 8.93. The topological polar surface area (TPSA) is 49.2 Å². The number of aromatic nitrogens is 2. The van der Waals surface area contributed by atoms with E-state index in [0.717, 1.165) is 25.1 Å². The first-order valence-corrected chi connectivity index (χ1v) is 6.23. The minimum absolute atomic E-state index is 0.166. The summed E-state index contributed by atoms with van der Waals surface area (Å²) in [6.07, 6.45) is 2.26. The maximum Gasteiger partial charge on any atom is 0.138 e. The number of halogens is 1. The van der Waals surface area contributed by atoms with Crippen LogP contribution in [-0.2, 0) is 6.54 Å². The molecule has 0 bridgehead atoms. The van der Waals surface area contributed by atoms with Gasteiger partial charge in [0.1, 0.15) is 10.0 Å². The van der Waals surface area contributed by atoms with E-state index in [1.54, 1.807) is 0 Å². The zero-order valence-corrected chi connectivity index (χ0v) is 10.4. The van der Waals surface area contributed by atoms with Gasteiger partial charge in [-0.05, 0) is 13.0 Å². The molecule has 0 aliphatic heterocycles. The molecule has 0 aliphatic rings. The Morgan fingerprint density at radius 1 is 1.47 bits per heavy atom. The Hall–Kier alpha value is -0.230. The van der Waals surface area contributed by atoms with Crippen LogP contribution < -0.4 is 0 Å². The average Bonchev–Trinajstić information content (AvgIpc) is 2.61. The van der Waals surface area contributed by atoms with E-state index in [1.807, 2.05) is 0 Å². The van der Waals surface area contributed by atoms with E-state index < -0.39 is 0 Å². The second kappa shape index (κ2) is 7.11. The van der Waals surface area contributed by atoms with Gasteiger partial charge in [0.25, 0.3) is 0 Å². The smallest absolute Gasteiger partial charge is 0.138 e. The van der Waals surface area contributed by atoms with Gasteiger partial charge in [-0.3, -0.25) is 4.90 Å². The lowest BCUT2D eigenvalue weighted by Gasteiger charge is -2.19. The summed E-state index contributed by atoms with van der Waals surface area (Å²) >= 11 is 7.13. The number of nitrogens with zero attached hydrogens (tertiary/aromatic N) is 3. The van der Waals surface area contributed by atoms with Crippen LogP contribution in [-0.4, -0.2) is 39.3 Å². The largest absolute Gasteiger partial charge is 0.395 e. The lowest BCUT2D eigenvalue weighted by atomic mass is 10.3. The molecule has 0 aliphatic carbocycles. The van der Waals surface area contributed by atoms with E-state index in [9.17, 15) is 0 Å². The van der Waals surface area contributed by atoms with Gasteiger partial charge in [0, 0.05) is 24.6 Å². The molecular formula is C9H16ClN3OS. The highest BCUT2D eigenvalue weighted by Crippen LogP contribution is 2.18. The van der Waals surface area contributed by atoms with Crippen LogP contribution in [0.15, 0.2) is 0 Å². The molecule has 1 aromatic rings. The van der Waals surface area contributed by atoms with E-state index in [1.165, 1.54) is 11.5 Å². The van der Waals surface area contributed by atoms with E-state index in [2.05, 4.69) is 21.4 Å². The SMILES string of the molecule is CCCCN(CCO)Cc1nnsc1Cl. The van der Waals surface area contributed by atoms with Gasteiger partial charge in [-0.25, -0.2) is 0 Å². The van der Waals surface area contributed by atoms with Crippen molar-refractivity contribution in [3.05, 3.63) is 10.0 Å². The van der Waals surface area contributed by atoms with Crippen LogP contribution in [0.25, 0.3) is 0 Å². The van der Waals surface area contributed by atoms with Gasteiger partial charge in [0.05, 0.1) is 6.61 Å². The van der Waals surface area contributed by atoms with Gasteiger partial charge in [0.15, 0.2) is 0 Å². The summed E-state index contributed by atoms with van der Waals surface area (Å²) in [7, 11) is 0. The molecule has 0 saturated carbocycles. The number of rotatable bonds is 7. The van der Waals surface area contributed by atoms with Gasteiger partial charge < -0.3 is 5.11 Å². The molecule has 1 rings (SSSR count). The average molecular weight is 250 g/mol. The number of aliphatic hydroxyl groups excluding tert-OH is 1. The van der Waals surface area contributed by atoms with Crippen molar-refractivity contribution in [2.75, 3.05) is 19.7 Å². The minimum Gasteiger partial charge on any atom is -0.395 e. The van der Waals surface area contributed by atoms with Gasteiger partial charge in [-0.1, -0.05) is 29.4 Å². The molecule has 1 heterocycles. The fraction of sp³-hybridized carbons (Fsp3) is 0.778. The Balaban J connectivity index is 2.46. The molecule has 4 nitrogen and oxygen atoms in total. The highest BCUT2D eigenvalue weighted by atomic mass is 35.5. The summed E-state index contributed by atoms with van der Waals surface area (Å²) in [5.74, 6) is 0. The van der Waals surface area contributed by atoms with Crippen LogP contribution in [0, 0.1) is 0 Å². The van der Waals surface area contributed by atoms with E-state index in [0.29, 0.717) is 17.4 Å². The summed E-state index contributed by atoms with van der Waals surface area (Å²) in [5.41, 5.74) is 0.811. The third-order valence-corrected chi connectivity index (χ3v) is 3.11. The van der Waals surface area contributed by atoms with Crippen molar-refractivity contribution in [3.8, 4) is 0 Å². The maximum absolute atomic E-state index is 8.93. The van der Waals surface area contributed by atoms with Crippen molar-refractivity contribution in [2.45, 2.75) is 26.3 Å². The molecule has 0 aromatic carbocycles. The van der Waals surface area contributed by atoms with E-state index in [-0.39, 0.29) is 6.61 Å². The zero-order valence-electron chi connectivity index (χ0n) is 8.82. The lowest BCUT2D eigenvalue weighted by molar-refractivity contribution is 0.187. The molecule has 0 radical (unpaired) electrons. The second-order valence-corrected chi connectivity index (χ2v) is 4.70. The van der Waals surface area contributed by atoms with Crippen molar-refractivity contribution in [1.29, 1.82) is 0 Å². The van der Waals surface area contributed by atoms with Crippen molar-refractivity contribution >= 4 is 23.1 Å². The van der Waals surface area contributed by atoms with Crippen LogP contribution in [0.5, 0.6) is 0 Å². The summed E-state index contributed by atoms with van der Waals surface area (Å²) in [4.78, 5) is 2.14. The second-order valence-electron chi connectivity index (χ2n) is 3.35. The van der Waals surface area contributed by atoms with E-state index in [4.69, 9.17) is 16.7 Å². The van der Waals surface area contributed by atoms with Crippen molar-refractivity contribution in [2.24, 2.45) is 0 Å². The summed E-state index contributed by atoms with van der Waals surface area (Å²) < 4.78 is 4.43. The molecule has 1 aromatic heterocycles. The lowest BCUT2D eigenvalue weighted by Crippen LogP contribution is -2.27. The van der Waals surface area contributed by atoms with Gasteiger partial charge in [-0.2, -0.15) is 0 Å². The number of hydrogen-bond acceptors (Lipinski definition) is 5. The Morgan fingerprint density at radius 3 is 2.80 bits per heavy atom. The molecule has 0 saturated heterocycles. The van der Waals surface area contributed by atoms with Crippen LogP contribution in [0.1, 0.15) is 25.5 Å². The predicted molar refractivity (Wildman–Crippen MR) is 62.2 cm³/mol. The summed E-state index contributed by atoms with van der Waals surface area (Å²) in [6.45, 7) is 4.61. The molecule has 0 unspecified atom stereocenters. The fourth-order valence-corrected chi connectivity index (χ4v) is 1.91. The fourth-order valence-electron chi connectivity index (χ4n) is 1.30. The molecule has 0 atom stereocenters. The molecule has 15 heavy (non-hydrogen) atoms. The Bertz CT molecular complexity index is 282. The molecule has 0 spiro atoms. The van der Waals surface area contributed by atoms with Crippen molar-refractivity contribution in [1.82, 2.24) is 14.5 Å². The summed E-state index contributed by atoms with van der Waals surface area (Å²) in [6, 6.07) is 0. The predicted octanol–water partition coefficient (Wildman–Crippen LogP) is 1.79. The first-order valence-electron chi connectivity index (χ1n) is 5.07. The van der Waals surface area contributed by atoms with Crippen molar-refractivity contribution in [3.63, 3.8) is 0 Å². The Kier molecular flexibility index (Phi) is 6.09. The van der Waals surface area contributed by atoms with Crippen LogP contribution in [0.4, 0.5) is 0 Å². The van der Waals surface area contributed by atoms with Gasteiger partial charge >= 0.3 is 0 Å². The molecule has 0 fully saturated rings. The van der Waals surface area contributed by atoms with Crippen molar-refractivity contribution < 1.29 is 5.11 Å². The molecule has 1 N–H and O–H groups in total. The number of aliphatic hydroxyl groups is 1. The highest BCUT2D eigenvalue weighted by Gasteiger charge is 2.10. The van der Waals surface area contributed by atoms with Crippen LogP contribution >= 0.6 is 23.1 Å². The quantitative estimate of drug-likeness (QED) is 0.801. The molecular weight excluding hydrogens is 234 g/mol. The first kappa shape index (κ1) is 12.8.